The molecule has 1 saturated heterocycles. The standard InChI is InChI=1S/C14H26S/c1-11-10-15-9-6-12-13(2,3)7-5-8-14(11,12)4/h11-12H,5-10H2,1-4H3. The molecular formula is C14H26S. The molecule has 3 atom stereocenters. The monoisotopic (exact) mass is 226 g/mol. The Morgan fingerprint density at radius 3 is 2.60 bits per heavy atom. The van der Waals surface area contributed by atoms with E-state index in [9.17, 15) is 0 Å². The number of fused-ring (bicyclic) bond motifs is 1. The van der Waals surface area contributed by atoms with Crippen LogP contribution in [0.25, 0.3) is 0 Å². The molecule has 1 heterocycles. The van der Waals surface area contributed by atoms with Crippen molar-refractivity contribution in [1.29, 1.82) is 0 Å². The van der Waals surface area contributed by atoms with E-state index in [1.54, 1.807) is 0 Å². The Morgan fingerprint density at radius 1 is 1.13 bits per heavy atom. The SMILES string of the molecule is CC1CSCCC2C(C)(C)CCCC12C. The molecule has 2 rings (SSSR count). The van der Waals surface area contributed by atoms with Crippen LogP contribution in [0.2, 0.25) is 0 Å². The Bertz CT molecular complexity index is 233. The molecule has 0 amide bonds. The van der Waals surface area contributed by atoms with E-state index in [1.165, 1.54) is 37.2 Å². The zero-order valence-corrected chi connectivity index (χ0v) is 11.6. The Morgan fingerprint density at radius 2 is 1.87 bits per heavy atom. The third kappa shape index (κ3) is 1.97. The summed E-state index contributed by atoms with van der Waals surface area (Å²) in [7, 11) is 0. The van der Waals surface area contributed by atoms with Gasteiger partial charge >= 0.3 is 0 Å². The molecule has 0 aromatic rings. The number of hydrogen-bond acceptors (Lipinski definition) is 1. The van der Waals surface area contributed by atoms with Crippen molar-refractivity contribution >= 4 is 11.8 Å². The zero-order chi connectivity index (χ0) is 11.1. The summed E-state index contributed by atoms with van der Waals surface area (Å²) in [5.41, 5.74) is 1.22. The predicted octanol–water partition coefficient (Wildman–Crippen LogP) is 4.59. The summed E-state index contributed by atoms with van der Waals surface area (Å²) >= 11 is 2.19. The summed E-state index contributed by atoms with van der Waals surface area (Å²) < 4.78 is 0. The molecule has 2 fully saturated rings. The first-order valence-electron chi connectivity index (χ1n) is 6.54. The molecule has 1 aliphatic heterocycles. The molecule has 1 aliphatic carbocycles. The van der Waals surface area contributed by atoms with Gasteiger partial charge in [0, 0.05) is 0 Å². The van der Waals surface area contributed by atoms with Crippen LogP contribution in [0.15, 0.2) is 0 Å². The normalized spacial score (nSPS) is 45.6. The van der Waals surface area contributed by atoms with E-state index in [0.29, 0.717) is 10.8 Å². The second-order valence-corrected chi connectivity index (χ2v) is 7.82. The smallest absolute Gasteiger partial charge is 0.00365 e. The van der Waals surface area contributed by atoms with Crippen molar-refractivity contribution in [3.8, 4) is 0 Å². The molecular weight excluding hydrogens is 200 g/mol. The van der Waals surface area contributed by atoms with E-state index in [-0.39, 0.29) is 0 Å². The van der Waals surface area contributed by atoms with Gasteiger partial charge in [-0.2, -0.15) is 11.8 Å². The first-order chi connectivity index (χ1) is 6.97. The summed E-state index contributed by atoms with van der Waals surface area (Å²) in [6.07, 6.45) is 5.83. The van der Waals surface area contributed by atoms with Crippen molar-refractivity contribution < 1.29 is 0 Å². The molecule has 2 aliphatic rings. The van der Waals surface area contributed by atoms with Gasteiger partial charge in [-0.3, -0.25) is 0 Å². The van der Waals surface area contributed by atoms with E-state index in [2.05, 4.69) is 39.5 Å². The number of hydrogen-bond donors (Lipinski definition) is 0. The molecule has 0 radical (unpaired) electrons. The van der Waals surface area contributed by atoms with E-state index in [4.69, 9.17) is 0 Å². The van der Waals surface area contributed by atoms with Crippen molar-refractivity contribution in [2.24, 2.45) is 22.7 Å². The minimum atomic E-state index is 0.589. The Kier molecular flexibility index (Phi) is 3.14. The average Bonchev–Trinajstić information content (AvgIpc) is 2.27. The van der Waals surface area contributed by atoms with Gasteiger partial charge in [-0.15, -0.1) is 0 Å². The van der Waals surface area contributed by atoms with Gasteiger partial charge in [0.2, 0.25) is 0 Å². The summed E-state index contributed by atoms with van der Waals surface area (Å²) in [6, 6.07) is 0. The fourth-order valence-corrected chi connectivity index (χ4v) is 5.43. The maximum atomic E-state index is 2.58. The lowest BCUT2D eigenvalue weighted by atomic mass is 9.52. The van der Waals surface area contributed by atoms with Crippen LogP contribution in [0.1, 0.15) is 53.4 Å². The van der Waals surface area contributed by atoms with Crippen LogP contribution >= 0.6 is 11.8 Å². The highest BCUT2D eigenvalue weighted by molar-refractivity contribution is 7.99. The van der Waals surface area contributed by atoms with E-state index < -0.39 is 0 Å². The maximum Gasteiger partial charge on any atom is -0.00365 e. The number of rotatable bonds is 0. The van der Waals surface area contributed by atoms with Crippen LogP contribution in [0.3, 0.4) is 0 Å². The summed E-state index contributed by atoms with van der Waals surface area (Å²) in [5, 5.41) is 0. The molecule has 0 aromatic carbocycles. The summed E-state index contributed by atoms with van der Waals surface area (Å²) in [5.74, 6) is 4.66. The van der Waals surface area contributed by atoms with Crippen molar-refractivity contribution in [1.82, 2.24) is 0 Å². The molecule has 88 valence electrons. The lowest BCUT2D eigenvalue weighted by Gasteiger charge is -2.53. The fourth-order valence-electron chi connectivity index (χ4n) is 4.13. The van der Waals surface area contributed by atoms with Gasteiger partial charge < -0.3 is 0 Å². The van der Waals surface area contributed by atoms with Crippen LogP contribution in [-0.2, 0) is 0 Å². The fraction of sp³-hybridized carbons (Fsp3) is 1.00. The molecule has 3 unspecified atom stereocenters. The van der Waals surface area contributed by atoms with Crippen LogP contribution in [-0.4, -0.2) is 11.5 Å². The highest BCUT2D eigenvalue weighted by Gasteiger charge is 2.49. The maximum absolute atomic E-state index is 2.58. The topological polar surface area (TPSA) is 0 Å². The molecule has 0 spiro atoms. The van der Waals surface area contributed by atoms with Gasteiger partial charge in [0.05, 0.1) is 0 Å². The average molecular weight is 226 g/mol. The molecule has 1 saturated carbocycles. The Balaban J connectivity index is 2.30. The summed E-state index contributed by atoms with van der Waals surface area (Å²) in [6.45, 7) is 10.1. The molecule has 0 bridgehead atoms. The molecule has 0 aromatic heterocycles. The van der Waals surface area contributed by atoms with Gasteiger partial charge in [-0.1, -0.05) is 34.1 Å². The van der Waals surface area contributed by atoms with Crippen molar-refractivity contribution in [3.05, 3.63) is 0 Å². The quantitative estimate of drug-likeness (QED) is 0.582. The summed E-state index contributed by atoms with van der Waals surface area (Å²) in [4.78, 5) is 0. The highest BCUT2D eigenvalue weighted by atomic mass is 32.2. The molecule has 15 heavy (non-hydrogen) atoms. The third-order valence-corrected chi connectivity index (χ3v) is 6.58. The van der Waals surface area contributed by atoms with Gasteiger partial charge in [0.25, 0.3) is 0 Å². The third-order valence-electron chi connectivity index (χ3n) is 5.32. The second kappa shape index (κ2) is 3.98. The van der Waals surface area contributed by atoms with Crippen molar-refractivity contribution in [2.45, 2.75) is 53.4 Å². The lowest BCUT2D eigenvalue weighted by Crippen LogP contribution is -2.45. The lowest BCUT2D eigenvalue weighted by molar-refractivity contribution is -0.0291. The largest absolute Gasteiger partial charge is 0.162 e. The van der Waals surface area contributed by atoms with Gasteiger partial charge in [-0.05, 0) is 53.4 Å². The van der Waals surface area contributed by atoms with Crippen LogP contribution in [0, 0.1) is 22.7 Å². The van der Waals surface area contributed by atoms with Crippen LogP contribution in [0.4, 0.5) is 0 Å². The van der Waals surface area contributed by atoms with E-state index >= 15 is 0 Å². The zero-order valence-electron chi connectivity index (χ0n) is 10.8. The highest BCUT2D eigenvalue weighted by Crippen LogP contribution is 2.57. The molecule has 0 nitrogen and oxygen atoms in total. The predicted molar refractivity (Wildman–Crippen MR) is 70.3 cm³/mol. The van der Waals surface area contributed by atoms with Crippen LogP contribution < -0.4 is 0 Å². The first kappa shape index (κ1) is 11.8. The minimum Gasteiger partial charge on any atom is -0.162 e. The first-order valence-corrected chi connectivity index (χ1v) is 7.70. The molecule has 1 heteroatoms. The van der Waals surface area contributed by atoms with E-state index in [0.717, 1.165) is 11.8 Å². The van der Waals surface area contributed by atoms with E-state index in [1.807, 2.05) is 0 Å². The van der Waals surface area contributed by atoms with Crippen LogP contribution in [0.5, 0.6) is 0 Å². The molecule has 0 N–H and O–H groups in total. The Labute approximate surface area is 99.6 Å². The van der Waals surface area contributed by atoms with Gasteiger partial charge in [0.15, 0.2) is 0 Å². The van der Waals surface area contributed by atoms with Gasteiger partial charge in [0.1, 0.15) is 0 Å². The van der Waals surface area contributed by atoms with Gasteiger partial charge in [-0.25, -0.2) is 0 Å². The Hall–Kier alpha value is 0.350. The van der Waals surface area contributed by atoms with Crippen molar-refractivity contribution in [2.75, 3.05) is 11.5 Å². The van der Waals surface area contributed by atoms with Crippen molar-refractivity contribution in [3.63, 3.8) is 0 Å². The second-order valence-electron chi connectivity index (χ2n) is 6.67. The number of thioether (sulfide) groups is 1. The minimum absolute atomic E-state index is 0.589.